The van der Waals surface area contributed by atoms with E-state index in [-0.39, 0.29) is 5.78 Å². The molecule has 0 spiro atoms. The Balaban J connectivity index is 1.93. The van der Waals surface area contributed by atoms with Crippen LogP contribution in [0.2, 0.25) is 0 Å². The highest BCUT2D eigenvalue weighted by atomic mass is 32.2. The number of nitrogens with zero attached hydrogens (tertiary/aromatic N) is 2. The van der Waals surface area contributed by atoms with Gasteiger partial charge < -0.3 is 0 Å². The fourth-order valence-electron chi connectivity index (χ4n) is 1.55. The molecule has 2 aromatic rings. The maximum atomic E-state index is 11.9. The lowest BCUT2D eigenvalue weighted by atomic mass is 10.2. The van der Waals surface area contributed by atoms with E-state index in [1.54, 1.807) is 28.8 Å². The monoisotopic (exact) mass is 260 g/mol. The number of ketones is 1. The quantitative estimate of drug-likeness (QED) is 0.611. The van der Waals surface area contributed by atoms with Crippen LogP contribution in [0.5, 0.6) is 0 Å². The third-order valence-electron chi connectivity index (χ3n) is 2.67. The number of hydrogen-bond donors (Lipinski definition) is 0. The van der Waals surface area contributed by atoms with Crippen LogP contribution >= 0.6 is 11.8 Å². The highest BCUT2D eigenvalue weighted by molar-refractivity contribution is 8.00. The van der Waals surface area contributed by atoms with Crippen LogP contribution in [0.25, 0.3) is 0 Å². The van der Waals surface area contributed by atoms with E-state index in [4.69, 9.17) is 0 Å². The number of Topliss-reactive ketones (excluding diaryl/α,β-unsaturated/α-hetero) is 1. The zero-order valence-corrected chi connectivity index (χ0v) is 11.4. The van der Waals surface area contributed by atoms with Gasteiger partial charge in [0, 0.05) is 17.6 Å². The van der Waals surface area contributed by atoms with Gasteiger partial charge in [0.1, 0.15) is 0 Å². The summed E-state index contributed by atoms with van der Waals surface area (Å²) in [4.78, 5) is 13.1. The number of aromatic nitrogens is 2. The molecule has 94 valence electrons. The lowest BCUT2D eigenvalue weighted by molar-refractivity contribution is 0.102. The molecule has 0 atom stereocenters. The summed E-state index contributed by atoms with van der Waals surface area (Å²) in [7, 11) is 0. The second kappa shape index (κ2) is 5.87. The van der Waals surface area contributed by atoms with Gasteiger partial charge in [0.25, 0.3) is 0 Å². The highest BCUT2D eigenvalue weighted by Gasteiger charge is 2.08. The number of hydrogen-bond acceptors (Lipinski definition) is 3. The fourth-order valence-corrected chi connectivity index (χ4v) is 2.34. The van der Waals surface area contributed by atoms with E-state index in [9.17, 15) is 4.79 Å². The summed E-state index contributed by atoms with van der Waals surface area (Å²) < 4.78 is 1.77. The Morgan fingerprint density at radius 1 is 1.33 bits per heavy atom. The fraction of sp³-hybridized carbons (Fsp3) is 0.286. The van der Waals surface area contributed by atoms with Gasteiger partial charge in [-0.3, -0.25) is 9.48 Å². The Morgan fingerprint density at radius 2 is 2.06 bits per heavy atom. The third-order valence-corrected chi connectivity index (χ3v) is 3.68. The van der Waals surface area contributed by atoms with Crippen LogP contribution < -0.4 is 0 Å². The minimum Gasteiger partial charge on any atom is -0.293 e. The average molecular weight is 260 g/mol. The molecule has 0 aliphatic carbocycles. The second-order valence-corrected chi connectivity index (χ2v) is 5.16. The van der Waals surface area contributed by atoms with Crippen molar-refractivity contribution in [1.82, 2.24) is 9.78 Å². The van der Waals surface area contributed by atoms with Crippen molar-refractivity contribution in [2.24, 2.45) is 0 Å². The molecule has 1 aromatic heterocycles. The topological polar surface area (TPSA) is 34.9 Å². The Hall–Kier alpha value is -1.55. The van der Waals surface area contributed by atoms with Crippen molar-refractivity contribution in [3.05, 3.63) is 47.8 Å². The number of aryl methyl sites for hydroxylation is 2. The number of carbonyl (C=O) groups excluding carboxylic acids is 1. The van der Waals surface area contributed by atoms with Crippen molar-refractivity contribution in [2.75, 3.05) is 5.75 Å². The first-order valence-electron chi connectivity index (χ1n) is 5.94. The normalized spacial score (nSPS) is 10.6. The minimum atomic E-state index is 0.125. The zero-order chi connectivity index (χ0) is 13.0. The highest BCUT2D eigenvalue weighted by Crippen LogP contribution is 2.19. The van der Waals surface area contributed by atoms with Crippen molar-refractivity contribution in [3.63, 3.8) is 0 Å². The van der Waals surface area contributed by atoms with Gasteiger partial charge in [-0.25, -0.2) is 0 Å². The van der Waals surface area contributed by atoms with E-state index < -0.39 is 0 Å². The molecule has 18 heavy (non-hydrogen) atoms. The molecule has 2 rings (SSSR count). The summed E-state index contributed by atoms with van der Waals surface area (Å²) >= 11 is 1.56. The van der Waals surface area contributed by atoms with Gasteiger partial charge in [0.2, 0.25) is 0 Å². The molecule has 0 amide bonds. The molecule has 4 heteroatoms. The van der Waals surface area contributed by atoms with Crippen LogP contribution in [0.1, 0.15) is 22.8 Å². The largest absolute Gasteiger partial charge is 0.293 e. The van der Waals surface area contributed by atoms with Crippen molar-refractivity contribution in [3.8, 4) is 0 Å². The first-order valence-corrected chi connectivity index (χ1v) is 6.92. The zero-order valence-electron chi connectivity index (χ0n) is 10.6. The van der Waals surface area contributed by atoms with E-state index in [1.165, 1.54) is 5.56 Å². The Bertz CT molecular complexity index is 531. The van der Waals surface area contributed by atoms with Crippen molar-refractivity contribution >= 4 is 17.5 Å². The van der Waals surface area contributed by atoms with Gasteiger partial charge >= 0.3 is 0 Å². The van der Waals surface area contributed by atoms with Gasteiger partial charge in [-0.15, -0.1) is 11.8 Å². The number of rotatable bonds is 5. The van der Waals surface area contributed by atoms with E-state index in [0.29, 0.717) is 11.3 Å². The summed E-state index contributed by atoms with van der Waals surface area (Å²) in [5.41, 5.74) is 1.92. The lowest BCUT2D eigenvalue weighted by Gasteiger charge is -2.00. The van der Waals surface area contributed by atoms with Crippen molar-refractivity contribution in [1.29, 1.82) is 0 Å². The Kier molecular flexibility index (Phi) is 4.20. The van der Waals surface area contributed by atoms with Crippen LogP contribution in [0.3, 0.4) is 0 Å². The van der Waals surface area contributed by atoms with Gasteiger partial charge in [0.05, 0.1) is 17.5 Å². The molecule has 0 fully saturated rings. The minimum absolute atomic E-state index is 0.125. The number of carbonyl (C=O) groups is 1. The maximum absolute atomic E-state index is 11.9. The molecule has 0 saturated heterocycles. The third kappa shape index (κ3) is 3.23. The number of benzene rings is 1. The molecular weight excluding hydrogens is 244 g/mol. The van der Waals surface area contributed by atoms with Crippen LogP contribution in [-0.4, -0.2) is 21.3 Å². The molecule has 1 heterocycles. The van der Waals surface area contributed by atoms with Gasteiger partial charge in [0.15, 0.2) is 5.78 Å². The smallest absolute Gasteiger partial charge is 0.176 e. The molecule has 0 aliphatic rings. The Labute approximate surface area is 111 Å². The van der Waals surface area contributed by atoms with E-state index in [1.807, 2.05) is 19.1 Å². The van der Waals surface area contributed by atoms with E-state index in [0.717, 1.165) is 11.4 Å². The molecular formula is C14H16N2OS. The summed E-state index contributed by atoms with van der Waals surface area (Å²) in [6.07, 6.45) is 3.44. The molecule has 0 radical (unpaired) electrons. The van der Waals surface area contributed by atoms with E-state index in [2.05, 4.69) is 24.2 Å². The Morgan fingerprint density at radius 3 is 2.67 bits per heavy atom. The van der Waals surface area contributed by atoms with Crippen LogP contribution in [0.4, 0.5) is 0 Å². The van der Waals surface area contributed by atoms with E-state index >= 15 is 0 Å². The van der Waals surface area contributed by atoms with Crippen molar-refractivity contribution in [2.45, 2.75) is 25.3 Å². The first-order chi connectivity index (χ1) is 8.69. The first kappa shape index (κ1) is 12.9. The summed E-state index contributed by atoms with van der Waals surface area (Å²) in [5.74, 6) is 0.582. The van der Waals surface area contributed by atoms with Gasteiger partial charge in [-0.2, -0.15) is 5.10 Å². The van der Waals surface area contributed by atoms with Gasteiger partial charge in [-0.05, 0) is 26.0 Å². The second-order valence-electron chi connectivity index (χ2n) is 4.11. The van der Waals surface area contributed by atoms with Gasteiger partial charge in [-0.1, -0.05) is 17.7 Å². The predicted molar refractivity (Wildman–Crippen MR) is 74.1 cm³/mol. The summed E-state index contributed by atoms with van der Waals surface area (Å²) in [6.45, 7) is 4.85. The molecule has 0 aliphatic heterocycles. The molecule has 0 N–H and O–H groups in total. The summed E-state index contributed by atoms with van der Waals surface area (Å²) in [5, 5.41) is 4.11. The molecule has 0 unspecified atom stereocenters. The van der Waals surface area contributed by atoms with Crippen LogP contribution in [0.15, 0.2) is 41.6 Å². The number of thioether (sulfide) groups is 1. The lowest BCUT2D eigenvalue weighted by Crippen LogP contribution is -2.01. The molecule has 0 bridgehead atoms. The average Bonchev–Trinajstić information content (AvgIpc) is 2.86. The van der Waals surface area contributed by atoms with Crippen LogP contribution in [0, 0.1) is 6.92 Å². The summed E-state index contributed by atoms with van der Waals surface area (Å²) in [6, 6.07) is 8.20. The van der Waals surface area contributed by atoms with Crippen LogP contribution in [-0.2, 0) is 6.54 Å². The SMILES string of the molecule is CCn1cc(C(=O)CSc2ccc(C)cc2)cn1. The molecule has 0 saturated carbocycles. The standard InChI is InChI=1S/C14H16N2OS/c1-3-16-9-12(8-15-16)14(17)10-18-13-6-4-11(2)5-7-13/h4-9H,3,10H2,1-2H3. The maximum Gasteiger partial charge on any atom is 0.176 e. The molecule has 3 nitrogen and oxygen atoms in total. The predicted octanol–water partition coefficient (Wildman–Crippen LogP) is 3.19. The van der Waals surface area contributed by atoms with Crippen molar-refractivity contribution < 1.29 is 4.79 Å². The molecule has 1 aromatic carbocycles.